The quantitative estimate of drug-likeness (QED) is 0.777. The highest BCUT2D eigenvalue weighted by Crippen LogP contribution is 2.63. The van der Waals surface area contributed by atoms with E-state index >= 15 is 0 Å². The molecule has 0 amide bonds. The Morgan fingerprint density at radius 1 is 1.04 bits per heavy atom. The second-order valence-corrected chi connectivity index (χ2v) is 9.03. The third-order valence-electron chi connectivity index (χ3n) is 5.13. The van der Waals surface area contributed by atoms with Gasteiger partial charge in [-0.05, 0) is 38.5 Å². The van der Waals surface area contributed by atoms with E-state index in [-0.39, 0.29) is 17.4 Å². The van der Waals surface area contributed by atoms with E-state index in [9.17, 15) is 13.7 Å². The summed E-state index contributed by atoms with van der Waals surface area (Å²) in [6.07, 6.45) is 0. The van der Waals surface area contributed by atoms with Gasteiger partial charge in [0.1, 0.15) is 5.41 Å². The van der Waals surface area contributed by atoms with Crippen molar-refractivity contribution < 1.29 is 13.2 Å². The Bertz CT molecular complexity index is 927. The van der Waals surface area contributed by atoms with Crippen molar-refractivity contribution in [2.75, 3.05) is 13.2 Å². The van der Waals surface area contributed by atoms with Crippen molar-refractivity contribution in [1.29, 1.82) is 5.26 Å². The summed E-state index contributed by atoms with van der Waals surface area (Å²) < 4.78 is 32.1. The molecule has 1 fully saturated rings. The molecule has 0 saturated heterocycles. The fourth-order valence-electron chi connectivity index (χ4n) is 3.59. The molecule has 2 aromatic rings. The molecule has 0 N–H and O–H groups in total. The van der Waals surface area contributed by atoms with Crippen molar-refractivity contribution in [2.24, 2.45) is 5.41 Å². The van der Waals surface area contributed by atoms with E-state index in [1.165, 1.54) is 0 Å². The Morgan fingerprint density at radius 3 is 2.08 bits per heavy atom. The van der Waals surface area contributed by atoms with Crippen LogP contribution in [-0.2, 0) is 14.6 Å². The highest BCUT2D eigenvalue weighted by molar-refractivity contribution is 7.92. The smallest absolute Gasteiger partial charge is 0.183 e. The van der Waals surface area contributed by atoms with E-state index in [4.69, 9.17) is 4.74 Å². The van der Waals surface area contributed by atoms with Crippen LogP contribution in [0.15, 0.2) is 53.4 Å². The molecule has 3 atom stereocenters. The van der Waals surface area contributed by atoms with Crippen LogP contribution in [0.4, 0.5) is 0 Å². The lowest BCUT2D eigenvalue weighted by Crippen LogP contribution is -2.19. The Kier molecular flexibility index (Phi) is 4.92. The number of sulfone groups is 1. The van der Waals surface area contributed by atoms with E-state index in [1.807, 2.05) is 45.0 Å². The summed E-state index contributed by atoms with van der Waals surface area (Å²) in [5, 5.41) is 9.11. The maximum absolute atomic E-state index is 13.3. The fraction of sp³-hybridized carbons (Fsp3) is 0.381. The zero-order chi connectivity index (χ0) is 18.9. The third-order valence-corrected chi connectivity index (χ3v) is 7.42. The van der Waals surface area contributed by atoms with Crippen molar-refractivity contribution >= 4 is 9.84 Å². The summed E-state index contributed by atoms with van der Waals surface area (Å²) in [6.45, 7) is 6.31. The molecule has 0 spiro atoms. The first-order chi connectivity index (χ1) is 12.4. The normalized spacial score (nSPS) is 24.8. The molecule has 0 radical (unpaired) electrons. The third kappa shape index (κ3) is 3.04. The van der Waals surface area contributed by atoms with Crippen molar-refractivity contribution in [3.05, 3.63) is 65.2 Å². The summed E-state index contributed by atoms with van der Waals surface area (Å²) >= 11 is 0. The van der Waals surface area contributed by atoms with E-state index in [0.717, 1.165) is 16.7 Å². The van der Waals surface area contributed by atoms with Gasteiger partial charge < -0.3 is 4.74 Å². The van der Waals surface area contributed by atoms with Crippen molar-refractivity contribution in [1.82, 2.24) is 0 Å². The molecule has 3 rings (SSSR count). The van der Waals surface area contributed by atoms with Gasteiger partial charge in [-0.15, -0.1) is 0 Å². The van der Waals surface area contributed by atoms with Crippen LogP contribution >= 0.6 is 0 Å². The van der Waals surface area contributed by atoms with Gasteiger partial charge in [-0.2, -0.15) is 5.26 Å². The van der Waals surface area contributed by atoms with Gasteiger partial charge in [-0.1, -0.05) is 47.5 Å². The first-order valence-corrected chi connectivity index (χ1v) is 10.3. The molecule has 1 aliphatic rings. The number of rotatable bonds is 6. The molecular formula is C21H23NO3S. The van der Waals surface area contributed by atoms with Crippen molar-refractivity contribution in [3.63, 3.8) is 0 Å². The first kappa shape index (κ1) is 18.6. The van der Waals surface area contributed by atoms with Crippen LogP contribution < -0.4 is 0 Å². The molecule has 26 heavy (non-hydrogen) atoms. The van der Waals surface area contributed by atoms with Crippen molar-refractivity contribution in [2.45, 2.75) is 36.8 Å². The SMILES string of the molecule is CCOC[C@@]1(C#N)[C@H](c2ccc(C)cc2)[C@@H]1S(=O)(=O)c1ccc(C)cc1. The molecule has 4 nitrogen and oxygen atoms in total. The zero-order valence-electron chi connectivity index (χ0n) is 15.3. The Balaban J connectivity index is 2.05. The molecule has 1 saturated carbocycles. The van der Waals surface area contributed by atoms with E-state index in [0.29, 0.717) is 6.61 Å². The van der Waals surface area contributed by atoms with Crippen LogP contribution in [0.2, 0.25) is 0 Å². The largest absolute Gasteiger partial charge is 0.380 e. The fourth-order valence-corrected chi connectivity index (χ4v) is 5.90. The van der Waals surface area contributed by atoms with Crippen LogP contribution in [0.1, 0.15) is 29.5 Å². The maximum Gasteiger partial charge on any atom is 0.183 e. The van der Waals surface area contributed by atoms with E-state index in [1.54, 1.807) is 24.3 Å². The maximum atomic E-state index is 13.3. The average Bonchev–Trinajstić information content (AvgIpc) is 3.31. The topological polar surface area (TPSA) is 67.2 Å². The van der Waals surface area contributed by atoms with Gasteiger partial charge in [-0.3, -0.25) is 0 Å². The van der Waals surface area contributed by atoms with Gasteiger partial charge in [0.05, 0.1) is 22.8 Å². The van der Waals surface area contributed by atoms with Crippen LogP contribution in [0, 0.1) is 30.6 Å². The van der Waals surface area contributed by atoms with Crippen molar-refractivity contribution in [3.8, 4) is 6.07 Å². The minimum atomic E-state index is -3.64. The Labute approximate surface area is 155 Å². The summed E-state index contributed by atoms with van der Waals surface area (Å²) in [7, 11) is -3.64. The average molecular weight is 369 g/mol. The molecular weight excluding hydrogens is 346 g/mol. The summed E-state index contributed by atoms with van der Waals surface area (Å²) in [5.74, 6) is -0.383. The van der Waals surface area contributed by atoms with Gasteiger partial charge >= 0.3 is 0 Å². The second kappa shape index (κ2) is 6.86. The lowest BCUT2D eigenvalue weighted by atomic mass is 10.0. The molecule has 136 valence electrons. The van der Waals surface area contributed by atoms with Crippen LogP contribution in [0.25, 0.3) is 0 Å². The minimum absolute atomic E-state index is 0.119. The van der Waals surface area contributed by atoms with Gasteiger partial charge in [0.25, 0.3) is 0 Å². The van der Waals surface area contributed by atoms with E-state index in [2.05, 4.69) is 6.07 Å². The lowest BCUT2D eigenvalue weighted by Gasteiger charge is -2.10. The molecule has 0 bridgehead atoms. The number of benzene rings is 2. The predicted molar refractivity (Wildman–Crippen MR) is 101 cm³/mol. The predicted octanol–water partition coefficient (Wildman–Crippen LogP) is 3.79. The highest BCUT2D eigenvalue weighted by Gasteiger charge is 2.72. The number of aryl methyl sites for hydroxylation is 2. The summed E-state index contributed by atoms with van der Waals surface area (Å²) in [6, 6.07) is 16.8. The summed E-state index contributed by atoms with van der Waals surface area (Å²) in [5.41, 5.74) is 1.92. The Morgan fingerprint density at radius 2 is 1.58 bits per heavy atom. The van der Waals surface area contributed by atoms with Crippen LogP contribution in [0.3, 0.4) is 0 Å². The monoisotopic (exact) mass is 369 g/mol. The molecule has 2 aromatic carbocycles. The standard InChI is InChI=1S/C21H23NO3S/c1-4-25-14-21(13-22)19(17-9-5-15(2)6-10-17)20(21)26(23,24)18-11-7-16(3)8-12-18/h5-12,19-20H,4,14H2,1-3H3/t19-,20+,21+/m1/s1. The van der Waals surface area contributed by atoms with Crippen LogP contribution in [0.5, 0.6) is 0 Å². The highest BCUT2D eigenvalue weighted by atomic mass is 32.2. The number of hydrogen-bond donors (Lipinski definition) is 0. The van der Waals surface area contributed by atoms with Gasteiger partial charge in [-0.25, -0.2) is 8.42 Å². The number of nitrogens with zero attached hydrogens (tertiary/aromatic N) is 1. The number of ether oxygens (including phenoxy) is 1. The molecule has 0 aromatic heterocycles. The molecule has 0 aliphatic heterocycles. The van der Waals surface area contributed by atoms with Gasteiger partial charge in [0, 0.05) is 12.5 Å². The number of hydrogen-bond acceptors (Lipinski definition) is 4. The minimum Gasteiger partial charge on any atom is -0.380 e. The second-order valence-electron chi connectivity index (χ2n) is 6.96. The molecule has 0 unspecified atom stereocenters. The first-order valence-electron chi connectivity index (χ1n) is 8.73. The summed E-state index contributed by atoms with van der Waals surface area (Å²) in [4.78, 5) is 0.263. The lowest BCUT2D eigenvalue weighted by molar-refractivity contribution is 0.117. The number of nitriles is 1. The van der Waals surface area contributed by atoms with Gasteiger partial charge in [0.15, 0.2) is 9.84 Å². The zero-order valence-corrected chi connectivity index (χ0v) is 16.1. The van der Waals surface area contributed by atoms with Crippen LogP contribution in [-0.4, -0.2) is 26.9 Å². The van der Waals surface area contributed by atoms with E-state index < -0.39 is 20.5 Å². The molecule has 0 heterocycles. The molecule has 5 heteroatoms. The molecule has 1 aliphatic carbocycles. The Hall–Kier alpha value is -2.16. The van der Waals surface area contributed by atoms with Gasteiger partial charge in [0.2, 0.25) is 0 Å².